The zero-order chi connectivity index (χ0) is 12.4. The average molecular weight is 234 g/mol. The largest absolute Gasteiger partial charge is 0.292 e. The van der Waals surface area contributed by atoms with Gasteiger partial charge < -0.3 is 0 Å². The van der Waals surface area contributed by atoms with Crippen LogP contribution < -0.4 is 0 Å². The minimum Gasteiger partial charge on any atom is -0.292 e. The van der Waals surface area contributed by atoms with E-state index >= 15 is 0 Å². The smallest absolute Gasteiger partial charge is 0.188 e. The Morgan fingerprint density at radius 3 is 2.65 bits per heavy atom. The van der Waals surface area contributed by atoms with Gasteiger partial charge >= 0.3 is 0 Å². The summed E-state index contributed by atoms with van der Waals surface area (Å²) in [5.74, 6) is 0.379. The number of hydrogen-bond acceptors (Lipinski definition) is 5. The summed E-state index contributed by atoms with van der Waals surface area (Å²) in [5, 5.41) is 15.7. The van der Waals surface area contributed by atoms with Gasteiger partial charge in [0.15, 0.2) is 11.6 Å². The van der Waals surface area contributed by atoms with Crippen LogP contribution in [-0.4, -0.2) is 35.8 Å². The monoisotopic (exact) mass is 234 g/mol. The number of carbonyl (C=O) groups excluding carboxylic acids is 1. The molecular formula is C10H14N6O. The molecule has 0 unspecified atom stereocenters. The molecule has 0 saturated carbocycles. The minimum atomic E-state index is -0.0484. The van der Waals surface area contributed by atoms with E-state index in [4.69, 9.17) is 0 Å². The van der Waals surface area contributed by atoms with Gasteiger partial charge in [0, 0.05) is 7.05 Å². The second kappa shape index (κ2) is 4.44. The van der Waals surface area contributed by atoms with E-state index < -0.39 is 0 Å². The van der Waals surface area contributed by atoms with Crippen molar-refractivity contribution in [2.75, 3.05) is 0 Å². The molecule has 2 rings (SSSR count). The molecule has 0 spiro atoms. The van der Waals surface area contributed by atoms with E-state index in [9.17, 15) is 4.79 Å². The Hall–Kier alpha value is -2.05. The van der Waals surface area contributed by atoms with Gasteiger partial charge in [-0.25, -0.2) is 0 Å². The van der Waals surface area contributed by atoms with E-state index in [0.717, 1.165) is 12.1 Å². The number of rotatable bonds is 4. The van der Waals surface area contributed by atoms with Crippen LogP contribution in [0.3, 0.4) is 0 Å². The van der Waals surface area contributed by atoms with Crippen molar-refractivity contribution < 1.29 is 4.79 Å². The molecule has 0 N–H and O–H groups in total. The Kier molecular flexibility index (Phi) is 2.99. The van der Waals surface area contributed by atoms with Gasteiger partial charge in [0.2, 0.25) is 0 Å². The summed E-state index contributed by atoms with van der Waals surface area (Å²) in [4.78, 5) is 13.3. The summed E-state index contributed by atoms with van der Waals surface area (Å²) < 4.78 is 1.59. The van der Waals surface area contributed by atoms with Gasteiger partial charge in [0.25, 0.3) is 0 Å². The lowest BCUT2D eigenvalue weighted by Gasteiger charge is -1.97. The van der Waals surface area contributed by atoms with Gasteiger partial charge in [-0.3, -0.25) is 9.48 Å². The molecule has 2 aromatic heterocycles. The van der Waals surface area contributed by atoms with Crippen molar-refractivity contribution in [1.82, 2.24) is 30.0 Å². The fraction of sp³-hybridized carbons (Fsp3) is 0.500. The molecule has 17 heavy (non-hydrogen) atoms. The van der Waals surface area contributed by atoms with Gasteiger partial charge in [-0.05, 0) is 17.7 Å². The molecule has 0 saturated heterocycles. The average Bonchev–Trinajstić information content (AvgIpc) is 2.85. The number of aryl methyl sites for hydroxylation is 3. The summed E-state index contributed by atoms with van der Waals surface area (Å²) in [6, 6.07) is 1.80. The molecule has 7 nitrogen and oxygen atoms in total. The number of Topliss-reactive ketones (excluding diaryl/α,β-unsaturated/α-hetero) is 1. The molecule has 0 aliphatic heterocycles. The minimum absolute atomic E-state index is 0.0484. The zero-order valence-electron chi connectivity index (χ0n) is 10.1. The number of hydrogen-bond donors (Lipinski definition) is 0. The van der Waals surface area contributed by atoms with Crippen molar-refractivity contribution in [2.45, 2.75) is 19.8 Å². The van der Waals surface area contributed by atoms with E-state index in [-0.39, 0.29) is 12.2 Å². The van der Waals surface area contributed by atoms with Crippen LogP contribution in [0.2, 0.25) is 0 Å². The maximum atomic E-state index is 12.0. The molecule has 7 heteroatoms. The molecule has 0 radical (unpaired) electrons. The molecule has 0 bridgehead atoms. The molecule has 90 valence electrons. The highest BCUT2D eigenvalue weighted by Crippen LogP contribution is 2.07. The highest BCUT2D eigenvalue weighted by atomic mass is 16.1. The third kappa shape index (κ3) is 2.38. The lowest BCUT2D eigenvalue weighted by Crippen LogP contribution is -2.10. The van der Waals surface area contributed by atoms with Crippen LogP contribution in [0.15, 0.2) is 6.07 Å². The highest BCUT2D eigenvalue weighted by molar-refractivity contribution is 5.95. The summed E-state index contributed by atoms with van der Waals surface area (Å²) >= 11 is 0. The van der Waals surface area contributed by atoms with Crippen molar-refractivity contribution in [1.29, 1.82) is 0 Å². The van der Waals surface area contributed by atoms with Crippen molar-refractivity contribution >= 4 is 5.78 Å². The Labute approximate surface area is 98.4 Å². The lowest BCUT2D eigenvalue weighted by atomic mass is 10.2. The van der Waals surface area contributed by atoms with Crippen LogP contribution in [0.5, 0.6) is 0 Å². The van der Waals surface area contributed by atoms with Crippen molar-refractivity contribution in [3.05, 3.63) is 23.3 Å². The summed E-state index contributed by atoms with van der Waals surface area (Å²) in [5.41, 5.74) is 1.48. The van der Waals surface area contributed by atoms with Crippen molar-refractivity contribution in [3.8, 4) is 0 Å². The molecule has 0 aliphatic carbocycles. The number of carbonyl (C=O) groups is 1. The first-order valence-corrected chi connectivity index (χ1v) is 5.39. The van der Waals surface area contributed by atoms with Gasteiger partial charge in [-0.1, -0.05) is 6.92 Å². The van der Waals surface area contributed by atoms with Gasteiger partial charge in [0.05, 0.1) is 19.2 Å². The van der Waals surface area contributed by atoms with Crippen LogP contribution in [0.4, 0.5) is 0 Å². The van der Waals surface area contributed by atoms with Crippen LogP contribution in [0, 0.1) is 0 Å². The summed E-state index contributed by atoms with van der Waals surface area (Å²) in [7, 11) is 3.43. The highest BCUT2D eigenvalue weighted by Gasteiger charge is 2.15. The molecule has 0 amide bonds. The second-order valence-electron chi connectivity index (χ2n) is 3.79. The van der Waals surface area contributed by atoms with E-state index in [1.54, 1.807) is 24.8 Å². The first-order valence-electron chi connectivity index (χ1n) is 5.39. The van der Waals surface area contributed by atoms with Gasteiger partial charge in [-0.15, -0.1) is 10.2 Å². The number of tetrazole rings is 1. The first kappa shape index (κ1) is 11.4. The topological polar surface area (TPSA) is 78.5 Å². The molecule has 0 atom stereocenters. The van der Waals surface area contributed by atoms with Crippen LogP contribution in [0.25, 0.3) is 0 Å². The quantitative estimate of drug-likeness (QED) is 0.692. The predicted molar refractivity (Wildman–Crippen MR) is 59.4 cm³/mol. The number of nitrogens with zero attached hydrogens (tertiary/aromatic N) is 6. The summed E-state index contributed by atoms with van der Waals surface area (Å²) in [6.45, 7) is 2.00. The van der Waals surface area contributed by atoms with Crippen LogP contribution in [0.1, 0.15) is 28.9 Å². The molecule has 0 aliphatic rings. The third-order valence-corrected chi connectivity index (χ3v) is 2.45. The second-order valence-corrected chi connectivity index (χ2v) is 3.79. The van der Waals surface area contributed by atoms with Crippen LogP contribution >= 0.6 is 0 Å². The van der Waals surface area contributed by atoms with Crippen molar-refractivity contribution in [3.63, 3.8) is 0 Å². The molecule has 2 heterocycles. The molecular weight excluding hydrogens is 220 g/mol. The SMILES string of the molecule is CCc1cc(C(=O)Cc2nnn(C)n2)n(C)n1. The fourth-order valence-electron chi connectivity index (χ4n) is 1.59. The van der Waals surface area contributed by atoms with Crippen LogP contribution in [-0.2, 0) is 26.9 Å². The maximum Gasteiger partial charge on any atom is 0.188 e. The van der Waals surface area contributed by atoms with Gasteiger partial charge in [-0.2, -0.15) is 9.90 Å². The van der Waals surface area contributed by atoms with Gasteiger partial charge in [0.1, 0.15) is 5.69 Å². The predicted octanol–water partition coefficient (Wildman–Crippen LogP) is -0.0686. The first-order chi connectivity index (χ1) is 8.10. The fourth-order valence-corrected chi connectivity index (χ4v) is 1.59. The Morgan fingerprint density at radius 2 is 2.12 bits per heavy atom. The van der Waals surface area contributed by atoms with E-state index in [1.165, 1.54) is 4.80 Å². The Bertz CT molecular complexity index is 541. The molecule has 0 fully saturated rings. The van der Waals surface area contributed by atoms with Crippen molar-refractivity contribution in [2.24, 2.45) is 14.1 Å². The van der Waals surface area contributed by atoms with E-state index in [1.807, 2.05) is 6.92 Å². The maximum absolute atomic E-state index is 12.0. The Balaban J connectivity index is 2.16. The number of aromatic nitrogens is 6. The summed E-state index contributed by atoms with van der Waals surface area (Å²) in [6.07, 6.45) is 0.959. The molecule has 0 aromatic carbocycles. The zero-order valence-corrected chi connectivity index (χ0v) is 10.1. The van der Waals surface area contributed by atoms with E-state index in [0.29, 0.717) is 11.5 Å². The standard InChI is InChI=1S/C10H14N6O/c1-4-7-5-8(15(2)12-7)9(17)6-10-11-14-16(3)13-10/h5H,4,6H2,1-3H3. The lowest BCUT2D eigenvalue weighted by molar-refractivity contribution is 0.0981. The third-order valence-electron chi connectivity index (χ3n) is 2.45. The Morgan fingerprint density at radius 1 is 1.35 bits per heavy atom. The van der Waals surface area contributed by atoms with E-state index in [2.05, 4.69) is 20.5 Å². The molecule has 2 aromatic rings. The number of ketones is 1. The normalized spacial score (nSPS) is 10.8.